The Morgan fingerprint density at radius 1 is 1.30 bits per heavy atom. The average Bonchev–Trinajstić information content (AvgIpc) is 3.32. The maximum Gasteiger partial charge on any atom is 0.421 e. The zero-order valence-corrected chi connectivity index (χ0v) is 18.6. The van der Waals surface area contributed by atoms with Crippen LogP contribution >= 0.6 is 0 Å². The second-order valence-corrected chi connectivity index (χ2v) is 10.00. The first-order valence-electron chi connectivity index (χ1n) is 10.4. The van der Waals surface area contributed by atoms with Gasteiger partial charge >= 0.3 is 6.18 Å². The van der Waals surface area contributed by atoms with Crippen LogP contribution in [0.1, 0.15) is 30.4 Å². The summed E-state index contributed by atoms with van der Waals surface area (Å²) in [6, 6.07) is 4.81. The Labute approximate surface area is 188 Å². The van der Waals surface area contributed by atoms with Gasteiger partial charge in [0.25, 0.3) is 0 Å². The molecule has 1 saturated heterocycles. The number of alkyl halides is 3. The van der Waals surface area contributed by atoms with Gasteiger partial charge in [-0.05, 0) is 43.0 Å². The zero-order chi connectivity index (χ0) is 23.8. The van der Waals surface area contributed by atoms with E-state index in [4.69, 9.17) is 0 Å². The predicted octanol–water partition coefficient (Wildman–Crippen LogP) is 2.96. The van der Waals surface area contributed by atoms with Crippen LogP contribution < -0.4 is 16.0 Å². The molecule has 1 atom stereocenters. The number of fused-ring (bicyclic) bond motifs is 1. The third-order valence-corrected chi connectivity index (χ3v) is 6.93. The van der Waals surface area contributed by atoms with Crippen molar-refractivity contribution in [3.63, 3.8) is 0 Å². The van der Waals surface area contributed by atoms with Crippen molar-refractivity contribution in [1.29, 1.82) is 0 Å². The molecule has 3 heterocycles. The van der Waals surface area contributed by atoms with Crippen LogP contribution in [0.2, 0.25) is 0 Å². The molecule has 3 N–H and O–H groups in total. The highest BCUT2D eigenvalue weighted by Crippen LogP contribution is 2.35. The number of hydrogen-bond acceptors (Lipinski definition) is 7. The van der Waals surface area contributed by atoms with Crippen molar-refractivity contribution >= 4 is 39.1 Å². The SMILES string of the molecule is CS(=O)(=O)N1CCCC1CCNc1nc(Nc2ccc3c(c2)CC(=O)N3)ncc1C(F)(F)F. The Morgan fingerprint density at radius 3 is 2.82 bits per heavy atom. The van der Waals surface area contributed by atoms with Gasteiger partial charge in [-0.2, -0.15) is 22.5 Å². The Bertz CT molecular complexity index is 1170. The second kappa shape index (κ2) is 8.78. The highest BCUT2D eigenvalue weighted by atomic mass is 32.2. The molecule has 1 fully saturated rings. The number of hydrogen-bond donors (Lipinski definition) is 3. The van der Waals surface area contributed by atoms with Crippen LogP contribution in [-0.4, -0.2) is 54.0 Å². The fourth-order valence-electron chi connectivity index (χ4n) is 4.11. The minimum absolute atomic E-state index is 0.0404. The van der Waals surface area contributed by atoms with E-state index < -0.39 is 21.8 Å². The summed E-state index contributed by atoms with van der Waals surface area (Å²) in [7, 11) is -3.36. The van der Waals surface area contributed by atoms with Gasteiger partial charge in [0.1, 0.15) is 11.4 Å². The van der Waals surface area contributed by atoms with Crippen LogP contribution in [0.3, 0.4) is 0 Å². The number of carbonyl (C=O) groups excluding carboxylic acids is 1. The molecule has 1 aromatic heterocycles. The number of nitrogens with zero attached hydrogens (tertiary/aromatic N) is 3. The third kappa shape index (κ3) is 5.36. The fourth-order valence-corrected chi connectivity index (χ4v) is 5.32. The summed E-state index contributed by atoms with van der Waals surface area (Å²) >= 11 is 0. The quantitative estimate of drug-likeness (QED) is 0.553. The van der Waals surface area contributed by atoms with Crippen LogP contribution in [-0.2, 0) is 27.4 Å². The van der Waals surface area contributed by atoms with Crippen molar-refractivity contribution in [2.75, 3.05) is 35.3 Å². The normalized spacial score (nSPS) is 18.8. The summed E-state index contributed by atoms with van der Waals surface area (Å²) in [5.74, 6) is -0.556. The topological polar surface area (TPSA) is 116 Å². The molecular weight excluding hydrogens is 461 g/mol. The smallest absolute Gasteiger partial charge is 0.369 e. The van der Waals surface area contributed by atoms with Crippen LogP contribution in [0.4, 0.5) is 36.3 Å². The molecule has 1 unspecified atom stereocenters. The molecule has 1 amide bonds. The van der Waals surface area contributed by atoms with Gasteiger partial charge in [-0.1, -0.05) is 0 Å². The number of rotatable bonds is 7. The number of aromatic nitrogens is 2. The molecule has 0 saturated carbocycles. The molecule has 4 rings (SSSR count). The number of sulfonamides is 1. The van der Waals surface area contributed by atoms with Gasteiger partial charge in [0.05, 0.1) is 12.7 Å². The van der Waals surface area contributed by atoms with Crippen LogP contribution in [0.15, 0.2) is 24.4 Å². The maximum atomic E-state index is 13.5. The zero-order valence-electron chi connectivity index (χ0n) is 17.7. The molecule has 13 heteroatoms. The minimum Gasteiger partial charge on any atom is -0.369 e. The van der Waals surface area contributed by atoms with Crippen molar-refractivity contribution < 1.29 is 26.4 Å². The molecule has 2 aliphatic heterocycles. The Kier molecular flexibility index (Phi) is 6.18. The number of anilines is 4. The van der Waals surface area contributed by atoms with Crippen molar-refractivity contribution in [3.05, 3.63) is 35.5 Å². The van der Waals surface area contributed by atoms with E-state index in [2.05, 4.69) is 25.9 Å². The number of carbonyl (C=O) groups is 1. The summed E-state index contributed by atoms with van der Waals surface area (Å²) in [4.78, 5) is 19.3. The Balaban J connectivity index is 1.49. The van der Waals surface area contributed by atoms with Gasteiger partial charge < -0.3 is 16.0 Å². The number of halogens is 3. The van der Waals surface area contributed by atoms with Crippen molar-refractivity contribution in [2.45, 2.75) is 37.9 Å². The Hall–Kier alpha value is -2.93. The molecule has 9 nitrogen and oxygen atoms in total. The molecule has 2 aromatic rings. The van der Waals surface area contributed by atoms with Crippen molar-refractivity contribution in [3.8, 4) is 0 Å². The fraction of sp³-hybridized carbons (Fsp3) is 0.450. The molecule has 0 bridgehead atoms. The van der Waals surface area contributed by atoms with Crippen LogP contribution in [0.25, 0.3) is 0 Å². The second-order valence-electron chi connectivity index (χ2n) is 8.06. The van der Waals surface area contributed by atoms with E-state index in [-0.39, 0.29) is 36.7 Å². The minimum atomic E-state index is -4.66. The lowest BCUT2D eigenvalue weighted by Gasteiger charge is -2.22. The van der Waals surface area contributed by atoms with Gasteiger partial charge in [-0.3, -0.25) is 4.79 Å². The molecule has 0 radical (unpaired) electrons. The largest absolute Gasteiger partial charge is 0.421 e. The highest BCUT2D eigenvalue weighted by molar-refractivity contribution is 7.88. The van der Waals surface area contributed by atoms with Gasteiger partial charge in [0.15, 0.2) is 0 Å². The van der Waals surface area contributed by atoms with Crippen molar-refractivity contribution in [1.82, 2.24) is 14.3 Å². The maximum absolute atomic E-state index is 13.5. The van der Waals surface area contributed by atoms with Crippen molar-refractivity contribution in [2.24, 2.45) is 0 Å². The van der Waals surface area contributed by atoms with Crippen LogP contribution in [0.5, 0.6) is 0 Å². The van der Waals surface area contributed by atoms with Gasteiger partial charge in [0, 0.05) is 36.7 Å². The molecule has 1 aromatic carbocycles. The molecule has 33 heavy (non-hydrogen) atoms. The number of nitrogens with one attached hydrogen (secondary N) is 3. The summed E-state index contributed by atoms with van der Waals surface area (Å²) in [6.07, 6.45) is -0.878. The first-order valence-corrected chi connectivity index (χ1v) is 12.2. The van der Waals surface area contributed by atoms with Gasteiger partial charge in [-0.15, -0.1) is 0 Å². The summed E-state index contributed by atoms with van der Waals surface area (Å²) in [6.45, 7) is 0.531. The first-order chi connectivity index (χ1) is 15.5. The average molecular weight is 485 g/mol. The van der Waals surface area contributed by atoms with E-state index in [1.54, 1.807) is 18.2 Å². The van der Waals surface area contributed by atoms with E-state index in [0.29, 0.717) is 37.0 Å². The summed E-state index contributed by atoms with van der Waals surface area (Å²) in [5, 5.41) is 8.28. The first kappa shape index (κ1) is 23.2. The molecule has 2 aliphatic rings. The lowest BCUT2D eigenvalue weighted by Crippen LogP contribution is -2.35. The van der Waals surface area contributed by atoms with Crippen LogP contribution in [0, 0.1) is 0 Å². The monoisotopic (exact) mass is 484 g/mol. The summed E-state index contributed by atoms with van der Waals surface area (Å²) < 4.78 is 65.6. The Morgan fingerprint density at radius 2 is 2.09 bits per heavy atom. The standard InChI is InChI=1S/C20H23F3N6O3S/c1-33(31,32)29-8-2-3-14(29)6-7-24-18-15(20(21,22)23)11-25-19(28-18)26-13-4-5-16-12(9-13)10-17(30)27-16/h4-5,9,11,14H,2-3,6-8,10H2,1H3,(H,27,30)(H2,24,25,26,28). The van der Waals surface area contributed by atoms with Gasteiger partial charge in [-0.25, -0.2) is 13.4 Å². The summed E-state index contributed by atoms with van der Waals surface area (Å²) in [5.41, 5.74) is 0.979. The number of amides is 1. The highest BCUT2D eigenvalue weighted by Gasteiger charge is 2.36. The number of benzene rings is 1. The van der Waals surface area contributed by atoms with E-state index in [9.17, 15) is 26.4 Å². The molecule has 178 valence electrons. The predicted molar refractivity (Wildman–Crippen MR) is 117 cm³/mol. The lowest BCUT2D eigenvalue weighted by molar-refractivity contribution is -0.137. The van der Waals surface area contributed by atoms with Gasteiger partial charge in [0.2, 0.25) is 21.9 Å². The third-order valence-electron chi connectivity index (χ3n) is 5.60. The van der Waals surface area contributed by atoms with E-state index in [1.165, 1.54) is 4.31 Å². The molecule has 0 spiro atoms. The molecule has 0 aliphatic carbocycles. The van der Waals surface area contributed by atoms with E-state index in [1.807, 2.05) is 0 Å². The lowest BCUT2D eigenvalue weighted by atomic mass is 10.1. The van der Waals surface area contributed by atoms with E-state index >= 15 is 0 Å². The van der Waals surface area contributed by atoms with E-state index in [0.717, 1.165) is 18.2 Å². The molecular formula is C20H23F3N6O3S.